The summed E-state index contributed by atoms with van der Waals surface area (Å²) in [4.78, 5) is 25.9. The summed E-state index contributed by atoms with van der Waals surface area (Å²) in [6, 6.07) is 6.54. The Bertz CT molecular complexity index is 1450. The molecule has 5 aliphatic rings. The maximum absolute atomic E-state index is 12.4. The lowest BCUT2D eigenvalue weighted by Crippen LogP contribution is -2.61. The van der Waals surface area contributed by atoms with Crippen LogP contribution in [-0.4, -0.2) is 262 Å². The van der Waals surface area contributed by atoms with Crippen LogP contribution < -0.4 is 5.73 Å². The van der Waals surface area contributed by atoms with Crippen LogP contribution in [0.4, 0.5) is 0 Å². The Morgan fingerprint density at radius 1 is 0.485 bits per heavy atom. The second-order valence-corrected chi connectivity index (χ2v) is 15.4. The van der Waals surface area contributed by atoms with Crippen molar-refractivity contribution in [2.45, 2.75) is 136 Å². The van der Waals surface area contributed by atoms with Gasteiger partial charge in [-0.05, 0) is 18.6 Å². The lowest BCUT2D eigenvalue weighted by Gasteiger charge is -2.42. The van der Waals surface area contributed by atoms with E-state index in [1.54, 1.807) is 24.3 Å². The number of imide groups is 1. The highest BCUT2D eigenvalue weighted by Crippen LogP contribution is 2.29. The lowest BCUT2D eigenvalue weighted by atomic mass is 9.97. The molecule has 0 saturated carbocycles. The van der Waals surface area contributed by atoms with Gasteiger partial charge in [0.25, 0.3) is 11.8 Å². The number of aliphatic hydroxyl groups excluding tert-OH is 9. The largest absolute Gasteiger partial charge is 0.394 e. The van der Waals surface area contributed by atoms with E-state index >= 15 is 0 Å². The van der Waals surface area contributed by atoms with Crippen molar-refractivity contribution in [3.63, 3.8) is 0 Å². The second kappa shape index (κ2) is 27.6. The number of hydrogen-bond donors (Lipinski definition) is 10. The standard InChI is InChI=1S/C16H19NO7.C9H18O5.C8H17NO5.C8H16O6/c1-22-13-10(24-16(23-2)12(19)11(13)18)7-17-14(20)8-5-3-4-6-9(8)15(17)21;1-4-5-8(12-2)6(10)7(11)9(13-3)14-5;2*1-12-7-4(3-9)14-8(13-2)6(11)5(7)10/h3-6,10-13,16,18-19H,7H2,1-2H3;5-11H,4H2,1-3H3;4-8,10-11H,3,9H2,1-2H3;4-11H,3H2,1-2H3/t10?,11-,12+,13-,16?;5?,6-,7+,8-,9?;2*4?,5-,6+,7-,8?/m1111/s1. The average Bonchev–Trinajstić information content (AvgIpc) is 3.57. The third-order valence-electron chi connectivity index (χ3n) is 11.6. The fraction of sp³-hybridized carbons (Fsp3) is 0.805. The molecule has 0 bridgehead atoms. The first-order valence-corrected chi connectivity index (χ1v) is 21.0. The van der Waals surface area contributed by atoms with Crippen molar-refractivity contribution in [1.29, 1.82) is 0 Å². The van der Waals surface area contributed by atoms with Crippen molar-refractivity contribution in [2.24, 2.45) is 5.73 Å². The summed E-state index contributed by atoms with van der Waals surface area (Å²) in [5.41, 5.74) is 6.10. The molecular weight excluding hydrogens is 888 g/mol. The van der Waals surface area contributed by atoms with Crippen LogP contribution in [-0.2, 0) is 56.8 Å². The van der Waals surface area contributed by atoms with Crippen LogP contribution in [0, 0.1) is 0 Å². The molecule has 0 spiro atoms. The number of aliphatic hydroxyl groups is 9. The fourth-order valence-electron chi connectivity index (χ4n) is 7.96. The van der Waals surface area contributed by atoms with Crippen LogP contribution in [0.2, 0.25) is 0 Å². The number of carbonyl (C=O) groups excluding carboxylic acids is 2. The number of nitrogens with two attached hydrogens (primary N) is 1. The van der Waals surface area contributed by atoms with Gasteiger partial charge in [-0.15, -0.1) is 0 Å². The van der Waals surface area contributed by atoms with Crippen LogP contribution >= 0.6 is 0 Å². The van der Waals surface area contributed by atoms with E-state index in [2.05, 4.69) is 0 Å². The number of benzene rings is 1. The molecule has 2 amide bonds. The predicted molar refractivity (Wildman–Crippen MR) is 222 cm³/mol. The molecule has 5 heterocycles. The van der Waals surface area contributed by atoms with Crippen molar-refractivity contribution in [1.82, 2.24) is 4.90 Å². The number of methoxy groups -OCH3 is 8. The minimum absolute atomic E-state index is 0.117. The minimum atomic E-state index is -1.29. The van der Waals surface area contributed by atoms with Crippen LogP contribution in [0.1, 0.15) is 34.1 Å². The number of hydrogen-bond acceptors (Lipinski definition) is 24. The molecule has 0 aromatic heterocycles. The monoisotopic (exact) mass is 958 g/mol. The summed E-state index contributed by atoms with van der Waals surface area (Å²) < 4.78 is 61.2. The first-order valence-electron chi connectivity index (χ1n) is 21.0. The number of nitrogens with zero attached hydrogens (tertiary/aromatic N) is 1. The van der Waals surface area contributed by atoms with Crippen LogP contribution in [0.25, 0.3) is 0 Å². The van der Waals surface area contributed by atoms with Crippen LogP contribution in [0.3, 0.4) is 0 Å². The Labute approximate surface area is 382 Å². The zero-order valence-corrected chi connectivity index (χ0v) is 38.4. The van der Waals surface area contributed by atoms with Gasteiger partial charge >= 0.3 is 0 Å². The smallest absolute Gasteiger partial charge is 0.261 e. The lowest BCUT2D eigenvalue weighted by molar-refractivity contribution is -0.298. The molecule has 5 aliphatic heterocycles. The maximum Gasteiger partial charge on any atom is 0.261 e. The second-order valence-electron chi connectivity index (χ2n) is 15.4. The number of fused-ring (bicyclic) bond motifs is 1. The Hall–Kier alpha value is -2.52. The Balaban J connectivity index is 0.000000243. The van der Waals surface area contributed by atoms with Gasteiger partial charge in [0, 0.05) is 63.4 Å². The van der Waals surface area contributed by atoms with Crippen LogP contribution in [0.15, 0.2) is 24.3 Å². The Kier molecular flexibility index (Phi) is 24.2. The molecule has 0 radical (unpaired) electrons. The molecule has 66 heavy (non-hydrogen) atoms. The molecule has 6 rings (SSSR count). The van der Waals surface area contributed by atoms with E-state index in [1.165, 1.54) is 56.9 Å². The normalized spacial score (nSPS) is 40.0. The topological polar surface area (TPSA) is 356 Å². The van der Waals surface area contributed by atoms with E-state index in [0.29, 0.717) is 17.5 Å². The third-order valence-corrected chi connectivity index (χ3v) is 11.6. The number of ether oxygens (including phenoxy) is 12. The molecule has 4 saturated heterocycles. The van der Waals surface area contributed by atoms with E-state index in [9.17, 15) is 50.4 Å². The van der Waals surface area contributed by atoms with Gasteiger partial charge in [-0.3, -0.25) is 14.5 Å². The average molecular weight is 959 g/mol. The van der Waals surface area contributed by atoms with Crippen LogP contribution in [0.5, 0.6) is 0 Å². The highest BCUT2D eigenvalue weighted by Gasteiger charge is 2.49. The first-order chi connectivity index (χ1) is 31.4. The van der Waals surface area contributed by atoms with Crippen molar-refractivity contribution < 1.29 is 112 Å². The molecule has 25 nitrogen and oxygen atoms in total. The van der Waals surface area contributed by atoms with E-state index in [0.717, 1.165) is 4.90 Å². The molecular formula is C41H70N2O23. The van der Waals surface area contributed by atoms with Gasteiger partial charge in [-0.25, -0.2) is 0 Å². The zero-order valence-electron chi connectivity index (χ0n) is 38.4. The van der Waals surface area contributed by atoms with Crippen molar-refractivity contribution >= 4 is 11.8 Å². The molecule has 382 valence electrons. The molecule has 8 unspecified atom stereocenters. The minimum Gasteiger partial charge on any atom is -0.394 e. The van der Waals surface area contributed by atoms with Gasteiger partial charge < -0.3 is 109 Å². The highest BCUT2D eigenvalue weighted by molar-refractivity contribution is 6.21. The fourth-order valence-corrected chi connectivity index (χ4v) is 7.96. The molecule has 4 fully saturated rings. The number of amides is 2. The molecule has 1 aromatic carbocycles. The molecule has 1 aromatic rings. The highest BCUT2D eigenvalue weighted by atomic mass is 16.7. The van der Waals surface area contributed by atoms with Crippen molar-refractivity contribution in [2.75, 3.05) is 76.6 Å². The van der Waals surface area contributed by atoms with Crippen molar-refractivity contribution in [3.8, 4) is 0 Å². The van der Waals surface area contributed by atoms with Gasteiger partial charge in [-0.1, -0.05) is 19.1 Å². The summed E-state index contributed by atoms with van der Waals surface area (Å²) in [5, 5.41) is 86.6. The summed E-state index contributed by atoms with van der Waals surface area (Å²) in [6.07, 6.45) is -17.0. The van der Waals surface area contributed by atoms with Gasteiger partial charge in [0.2, 0.25) is 0 Å². The van der Waals surface area contributed by atoms with Gasteiger partial charge in [0.1, 0.15) is 91.6 Å². The van der Waals surface area contributed by atoms with E-state index in [1.807, 2.05) is 6.92 Å². The quantitative estimate of drug-likeness (QED) is 0.0828. The molecule has 25 heteroatoms. The summed E-state index contributed by atoms with van der Waals surface area (Å²) in [5.74, 6) is -0.854. The van der Waals surface area contributed by atoms with Crippen molar-refractivity contribution in [3.05, 3.63) is 35.4 Å². The van der Waals surface area contributed by atoms with E-state index in [-0.39, 0.29) is 25.8 Å². The maximum atomic E-state index is 12.4. The SMILES string of the molecule is CCC1OC(OC)[C@@H](O)[C@@H](O)[C@@H]1OC.COC1OC(CN)[C@@H](OC)[C@H](O)[C@@H]1O.COC1OC(CN2C(=O)c3ccccc3C2=O)[C@@H](OC)[C@H](O)[C@@H]1O.COC1OC(CO)[C@@H](OC)[C@H](O)[C@@H]1O. The summed E-state index contributed by atoms with van der Waals surface area (Å²) in [7, 11) is 11.1. The van der Waals surface area contributed by atoms with Gasteiger partial charge in [0.15, 0.2) is 25.2 Å². The van der Waals surface area contributed by atoms with Gasteiger partial charge in [0.05, 0.1) is 30.4 Å². The van der Waals surface area contributed by atoms with E-state index < -0.39 is 129 Å². The Morgan fingerprint density at radius 3 is 1.11 bits per heavy atom. The number of carbonyl (C=O) groups is 2. The molecule has 20 atom stereocenters. The summed E-state index contributed by atoms with van der Waals surface area (Å²) >= 11 is 0. The predicted octanol–water partition coefficient (Wildman–Crippen LogP) is -4.96. The number of rotatable bonds is 13. The first kappa shape index (κ1) is 57.8. The summed E-state index contributed by atoms with van der Waals surface area (Å²) in [6.45, 7) is 1.70. The molecule has 11 N–H and O–H groups in total. The third kappa shape index (κ3) is 13.2. The van der Waals surface area contributed by atoms with Gasteiger partial charge in [-0.2, -0.15) is 0 Å². The molecule has 0 aliphatic carbocycles. The Morgan fingerprint density at radius 2 is 0.788 bits per heavy atom. The van der Waals surface area contributed by atoms with E-state index in [4.69, 9.17) is 67.7 Å². The zero-order chi connectivity index (χ0) is 49.6.